The lowest BCUT2D eigenvalue weighted by Gasteiger charge is -2.63. The van der Waals surface area contributed by atoms with Gasteiger partial charge in [0.25, 0.3) is 0 Å². The Labute approximate surface area is 239 Å². The van der Waals surface area contributed by atoms with Crippen molar-refractivity contribution < 1.29 is 29.2 Å². The second kappa shape index (κ2) is 10.1. The highest BCUT2D eigenvalue weighted by Gasteiger charge is 2.67. The molecule has 0 bridgehead atoms. The summed E-state index contributed by atoms with van der Waals surface area (Å²) in [5, 5.41) is 24.3. The molecule has 6 nitrogen and oxygen atoms in total. The maximum atomic E-state index is 12.3. The normalized spacial score (nSPS) is 45.9. The molecule has 6 heteroatoms. The van der Waals surface area contributed by atoms with Crippen LogP contribution in [0.1, 0.15) is 95.5 Å². The Bertz CT molecular complexity index is 1080. The molecular weight excluding hydrogens is 504 g/mol. The van der Waals surface area contributed by atoms with Gasteiger partial charge in [-0.1, -0.05) is 25.1 Å². The van der Waals surface area contributed by atoms with Crippen LogP contribution in [0.25, 0.3) is 0 Å². The molecular formula is C34H48O6. The van der Waals surface area contributed by atoms with Crippen LogP contribution < -0.4 is 4.74 Å². The molecule has 220 valence electrons. The predicted octanol–water partition coefficient (Wildman–Crippen LogP) is 6.10. The summed E-state index contributed by atoms with van der Waals surface area (Å²) in [4.78, 5) is 0. The van der Waals surface area contributed by atoms with E-state index in [1.165, 1.54) is 5.56 Å². The quantitative estimate of drug-likeness (QED) is 0.430. The summed E-state index contributed by atoms with van der Waals surface area (Å²) in [5.41, 5.74) is -0.369. The first-order valence-electron chi connectivity index (χ1n) is 16.0. The third kappa shape index (κ3) is 4.31. The Morgan fingerprint density at radius 2 is 1.73 bits per heavy atom. The molecule has 1 aromatic carbocycles. The number of rotatable bonds is 5. The first-order valence-corrected chi connectivity index (χ1v) is 16.0. The van der Waals surface area contributed by atoms with Crippen molar-refractivity contribution in [2.75, 3.05) is 19.8 Å². The minimum atomic E-state index is -0.771. The predicted molar refractivity (Wildman–Crippen MR) is 152 cm³/mol. The number of ether oxygens (including phenoxy) is 4. The van der Waals surface area contributed by atoms with E-state index in [1.807, 2.05) is 6.08 Å². The van der Waals surface area contributed by atoms with E-state index in [4.69, 9.17) is 18.9 Å². The molecule has 6 aliphatic rings. The Morgan fingerprint density at radius 1 is 0.950 bits per heavy atom. The smallest absolute Gasteiger partial charge is 0.199 e. The van der Waals surface area contributed by atoms with Crippen molar-refractivity contribution in [1.29, 1.82) is 0 Å². The minimum absolute atomic E-state index is 0.159. The summed E-state index contributed by atoms with van der Waals surface area (Å²) in [7, 11) is 0. The summed E-state index contributed by atoms with van der Waals surface area (Å²) in [6, 6.07) is 8.69. The van der Waals surface area contributed by atoms with E-state index in [-0.39, 0.29) is 23.5 Å². The van der Waals surface area contributed by atoms with Gasteiger partial charge in [-0.15, -0.1) is 6.58 Å². The lowest BCUT2D eigenvalue weighted by molar-refractivity contribution is -0.260. The second-order valence-electron chi connectivity index (χ2n) is 14.2. The van der Waals surface area contributed by atoms with E-state index < -0.39 is 17.0 Å². The van der Waals surface area contributed by atoms with Crippen molar-refractivity contribution in [2.45, 2.75) is 113 Å². The van der Waals surface area contributed by atoms with E-state index in [1.54, 1.807) is 0 Å². The van der Waals surface area contributed by atoms with Gasteiger partial charge in [-0.25, -0.2) is 0 Å². The Kier molecular flexibility index (Phi) is 6.91. The highest BCUT2D eigenvalue weighted by Crippen LogP contribution is 2.70. The second-order valence-corrected chi connectivity index (χ2v) is 14.2. The highest BCUT2D eigenvalue weighted by atomic mass is 16.7. The van der Waals surface area contributed by atoms with Gasteiger partial charge in [0.05, 0.1) is 31.0 Å². The summed E-state index contributed by atoms with van der Waals surface area (Å²) >= 11 is 0. The largest absolute Gasteiger partial charge is 0.465 e. The van der Waals surface area contributed by atoms with Crippen molar-refractivity contribution >= 4 is 0 Å². The fraction of sp³-hybridized carbons (Fsp3) is 0.765. The Balaban J connectivity index is 1.22. The first kappa shape index (κ1) is 27.4. The molecule has 4 unspecified atom stereocenters. The fourth-order valence-corrected chi connectivity index (χ4v) is 10.5. The maximum absolute atomic E-state index is 12.3. The molecule has 7 rings (SSSR count). The first-order chi connectivity index (χ1) is 19.3. The zero-order chi connectivity index (χ0) is 27.6. The number of hydrogen-bond donors (Lipinski definition) is 2. The van der Waals surface area contributed by atoms with Gasteiger partial charge in [0.2, 0.25) is 0 Å². The van der Waals surface area contributed by atoms with Gasteiger partial charge in [-0.05, 0) is 105 Å². The van der Waals surface area contributed by atoms with Gasteiger partial charge in [-0.3, -0.25) is 0 Å². The summed E-state index contributed by atoms with van der Waals surface area (Å²) in [6.45, 7) is 8.38. The molecule has 4 aliphatic carbocycles. The lowest BCUT2D eigenvalue weighted by Crippen LogP contribution is -2.62. The molecule has 40 heavy (non-hydrogen) atoms. The van der Waals surface area contributed by atoms with Crippen molar-refractivity contribution in [3.8, 4) is 5.75 Å². The molecule has 1 spiro atoms. The molecule has 1 aromatic rings. The van der Waals surface area contributed by atoms with Gasteiger partial charge in [-0.2, -0.15) is 0 Å². The van der Waals surface area contributed by atoms with Crippen LogP contribution in [0.5, 0.6) is 5.75 Å². The van der Waals surface area contributed by atoms with Crippen LogP contribution in [0.3, 0.4) is 0 Å². The number of benzene rings is 1. The van der Waals surface area contributed by atoms with E-state index >= 15 is 0 Å². The average Bonchev–Trinajstić information content (AvgIpc) is 3.50. The van der Waals surface area contributed by atoms with Crippen LogP contribution in [0.2, 0.25) is 0 Å². The fourth-order valence-electron chi connectivity index (χ4n) is 10.5. The Hall–Kier alpha value is -1.44. The van der Waals surface area contributed by atoms with Crippen LogP contribution in [-0.2, 0) is 14.2 Å². The molecule has 9 atom stereocenters. The van der Waals surface area contributed by atoms with E-state index in [2.05, 4.69) is 37.8 Å². The van der Waals surface area contributed by atoms with E-state index in [0.717, 1.165) is 76.6 Å². The number of aliphatic hydroxyl groups is 2. The molecule has 0 aromatic heterocycles. The van der Waals surface area contributed by atoms with Crippen LogP contribution in [0.15, 0.2) is 36.9 Å². The van der Waals surface area contributed by atoms with Crippen LogP contribution in [-0.4, -0.2) is 53.3 Å². The summed E-state index contributed by atoms with van der Waals surface area (Å²) < 4.78 is 24.2. The molecule has 0 amide bonds. The lowest BCUT2D eigenvalue weighted by atomic mass is 9.44. The number of fused-ring (bicyclic) bond motifs is 5. The molecule has 2 N–H and O–H groups in total. The van der Waals surface area contributed by atoms with Gasteiger partial charge in [0.1, 0.15) is 5.75 Å². The standard InChI is InChI=1S/C34H48O6/c1-3-14-33(36)16-12-27-25-11-15-32(35)22-34(38-19-20-39-34)17-13-28(32)30(25)26(21-31(27,33)2)23-7-9-24(10-8-23)40-29-6-4-5-18-37-29/h3,7-10,25-30,35-36H,1,4-6,11-22H2,2H3/t25-,26?,27-,28?,29?,30?,31-,32+,33-/m0/s1. The van der Waals surface area contributed by atoms with Gasteiger partial charge < -0.3 is 29.2 Å². The topological polar surface area (TPSA) is 77.4 Å². The average molecular weight is 553 g/mol. The minimum Gasteiger partial charge on any atom is -0.465 e. The summed E-state index contributed by atoms with van der Waals surface area (Å²) in [6.07, 6.45) is 12.6. The molecule has 2 aliphatic heterocycles. The summed E-state index contributed by atoms with van der Waals surface area (Å²) in [5.74, 6) is 2.04. The zero-order valence-corrected chi connectivity index (χ0v) is 24.2. The van der Waals surface area contributed by atoms with Crippen LogP contribution in [0, 0.1) is 29.1 Å². The van der Waals surface area contributed by atoms with Gasteiger partial charge in [0, 0.05) is 24.7 Å². The molecule has 4 saturated carbocycles. The maximum Gasteiger partial charge on any atom is 0.199 e. The third-order valence-corrected chi connectivity index (χ3v) is 12.4. The third-order valence-electron chi connectivity index (χ3n) is 12.4. The van der Waals surface area contributed by atoms with Crippen molar-refractivity contribution in [1.82, 2.24) is 0 Å². The van der Waals surface area contributed by atoms with Crippen LogP contribution >= 0.6 is 0 Å². The SMILES string of the molecule is C=CC[C@]1(O)CC[C@H]2[C@@H]3CC[C@@]4(O)CC5(CCC4C3C(c3ccc(OC4CCCCO4)cc3)C[C@@]21C)OCCO5. The highest BCUT2D eigenvalue weighted by molar-refractivity contribution is 5.33. The molecule has 6 fully saturated rings. The van der Waals surface area contributed by atoms with Crippen molar-refractivity contribution in [3.63, 3.8) is 0 Å². The number of hydrogen-bond acceptors (Lipinski definition) is 6. The van der Waals surface area contributed by atoms with Gasteiger partial charge in [0.15, 0.2) is 12.1 Å². The van der Waals surface area contributed by atoms with E-state index in [0.29, 0.717) is 43.8 Å². The monoisotopic (exact) mass is 552 g/mol. The van der Waals surface area contributed by atoms with Gasteiger partial charge >= 0.3 is 0 Å². The zero-order valence-electron chi connectivity index (χ0n) is 24.2. The Morgan fingerprint density at radius 3 is 2.45 bits per heavy atom. The van der Waals surface area contributed by atoms with Crippen molar-refractivity contribution in [2.24, 2.45) is 29.1 Å². The molecule has 2 saturated heterocycles. The van der Waals surface area contributed by atoms with Crippen LogP contribution in [0.4, 0.5) is 0 Å². The van der Waals surface area contributed by atoms with E-state index in [9.17, 15) is 10.2 Å². The van der Waals surface area contributed by atoms with Crippen molar-refractivity contribution in [3.05, 3.63) is 42.5 Å². The molecule has 2 heterocycles. The molecule has 0 radical (unpaired) electrons.